The molecule has 11 heteroatoms. The van der Waals surface area contributed by atoms with Crippen molar-refractivity contribution in [2.75, 3.05) is 20.8 Å². The summed E-state index contributed by atoms with van der Waals surface area (Å²) in [6.07, 6.45) is 5.28. The summed E-state index contributed by atoms with van der Waals surface area (Å²) in [5.41, 5.74) is 8.03. The lowest BCUT2D eigenvalue weighted by Gasteiger charge is -2.34. The van der Waals surface area contributed by atoms with E-state index in [1.807, 2.05) is 52.6 Å². The molecule has 0 spiro atoms. The monoisotopic (exact) mass is 748 g/mol. The van der Waals surface area contributed by atoms with Crippen molar-refractivity contribution in [2.45, 2.75) is 45.2 Å². The van der Waals surface area contributed by atoms with Crippen LogP contribution in [0.15, 0.2) is 101 Å². The van der Waals surface area contributed by atoms with Crippen molar-refractivity contribution in [1.82, 2.24) is 9.80 Å². The van der Waals surface area contributed by atoms with E-state index < -0.39 is 0 Å². The summed E-state index contributed by atoms with van der Waals surface area (Å²) < 4.78 is 23.9. The Morgan fingerprint density at radius 2 is 1.20 bits per heavy atom. The Hall–Kier alpha value is -6.62. The van der Waals surface area contributed by atoms with Crippen LogP contribution in [-0.2, 0) is 39.1 Å². The summed E-state index contributed by atoms with van der Waals surface area (Å²) >= 11 is 0. The third-order valence-electron chi connectivity index (χ3n) is 10.9. The summed E-state index contributed by atoms with van der Waals surface area (Å²) in [6, 6.07) is 28.2. The second-order valence-corrected chi connectivity index (χ2v) is 14.6. The van der Waals surface area contributed by atoms with Gasteiger partial charge in [-0.05, 0) is 76.6 Å². The predicted octanol–water partition coefficient (Wildman–Crippen LogP) is 7.38. The maximum atomic E-state index is 13.9. The maximum absolute atomic E-state index is 13.9. The summed E-state index contributed by atoms with van der Waals surface area (Å²) in [7, 11) is 3.07. The number of ether oxygens (including phenoxy) is 4. The highest BCUT2D eigenvalue weighted by atomic mass is 16.5. The van der Waals surface area contributed by atoms with E-state index in [-0.39, 0.29) is 42.7 Å². The summed E-state index contributed by atoms with van der Waals surface area (Å²) in [5.74, 6) is 1.56. The molecule has 282 valence electrons. The number of aliphatic imine (C=N–C) groups is 2. The van der Waals surface area contributed by atoms with E-state index in [0.717, 1.165) is 17.5 Å². The van der Waals surface area contributed by atoms with E-state index in [2.05, 4.69) is 24.3 Å². The van der Waals surface area contributed by atoms with E-state index >= 15 is 0 Å². The SMILES string of the molecule is COc1cc2c(cc1OCc1cc(O)cc(COc3cc4c(cc3OC)C(=O)N3Cc5ccccc5CC3C=N4)c1)N=CC1Cc3ccccc3CN(C1)C2=O. The first-order chi connectivity index (χ1) is 27.3. The van der Waals surface area contributed by atoms with Gasteiger partial charge >= 0.3 is 0 Å². The molecular formula is C45H40N4O7. The van der Waals surface area contributed by atoms with Gasteiger partial charge < -0.3 is 33.9 Å². The van der Waals surface area contributed by atoms with Gasteiger partial charge in [0.2, 0.25) is 0 Å². The first-order valence-electron chi connectivity index (χ1n) is 18.7. The highest BCUT2D eigenvalue weighted by Gasteiger charge is 2.34. The zero-order valence-electron chi connectivity index (χ0n) is 31.1. The average molecular weight is 749 g/mol. The quantitative estimate of drug-likeness (QED) is 0.176. The number of hydrogen-bond donors (Lipinski definition) is 1. The van der Waals surface area contributed by atoms with E-state index in [1.54, 1.807) is 36.4 Å². The Balaban J connectivity index is 0.919. The lowest BCUT2D eigenvalue weighted by molar-refractivity contribution is 0.0701. The number of aromatic hydroxyl groups is 1. The van der Waals surface area contributed by atoms with Gasteiger partial charge in [0, 0.05) is 50.1 Å². The van der Waals surface area contributed by atoms with Crippen molar-refractivity contribution < 1.29 is 33.6 Å². The Morgan fingerprint density at radius 1 is 0.643 bits per heavy atom. The topological polar surface area (TPSA) is 122 Å². The van der Waals surface area contributed by atoms with Gasteiger partial charge in [0.25, 0.3) is 11.8 Å². The van der Waals surface area contributed by atoms with Crippen LogP contribution in [0, 0.1) is 5.92 Å². The van der Waals surface area contributed by atoms with Gasteiger partial charge in [0.1, 0.15) is 19.0 Å². The highest BCUT2D eigenvalue weighted by Crippen LogP contribution is 2.40. The van der Waals surface area contributed by atoms with Gasteiger partial charge in [-0.3, -0.25) is 19.6 Å². The van der Waals surface area contributed by atoms with Crippen LogP contribution in [-0.4, -0.2) is 66.0 Å². The molecule has 4 aliphatic heterocycles. The van der Waals surface area contributed by atoms with Gasteiger partial charge in [0.05, 0.1) is 42.8 Å². The second kappa shape index (κ2) is 14.6. The number of amides is 2. The number of hydrogen-bond acceptors (Lipinski definition) is 9. The van der Waals surface area contributed by atoms with Gasteiger partial charge in [-0.1, -0.05) is 48.5 Å². The number of nitrogens with zero attached hydrogens (tertiary/aromatic N) is 4. The number of methoxy groups -OCH3 is 2. The summed E-state index contributed by atoms with van der Waals surface area (Å²) in [4.78, 5) is 40.9. The number of phenolic OH excluding ortho intramolecular Hbond substituents is 1. The molecule has 0 aromatic heterocycles. The maximum Gasteiger partial charge on any atom is 0.257 e. The number of rotatable bonds is 8. The molecule has 2 bridgehead atoms. The molecule has 4 heterocycles. The molecule has 0 radical (unpaired) electrons. The van der Waals surface area contributed by atoms with Crippen LogP contribution in [0.25, 0.3) is 0 Å². The van der Waals surface area contributed by atoms with Gasteiger partial charge in [-0.2, -0.15) is 0 Å². The van der Waals surface area contributed by atoms with Crippen LogP contribution in [0.2, 0.25) is 0 Å². The molecule has 0 aliphatic carbocycles. The van der Waals surface area contributed by atoms with Crippen molar-refractivity contribution in [3.05, 3.63) is 136 Å². The van der Waals surface area contributed by atoms with Crippen LogP contribution in [0.1, 0.15) is 54.1 Å². The Bertz CT molecular complexity index is 2440. The largest absolute Gasteiger partial charge is 0.508 e. The normalized spacial score (nSPS) is 17.9. The van der Waals surface area contributed by atoms with Crippen LogP contribution >= 0.6 is 0 Å². The molecule has 2 amide bonds. The Labute approximate surface area is 324 Å². The van der Waals surface area contributed by atoms with E-state index in [4.69, 9.17) is 28.9 Å². The van der Waals surface area contributed by atoms with Crippen molar-refractivity contribution in [2.24, 2.45) is 15.9 Å². The fourth-order valence-electron chi connectivity index (χ4n) is 8.08. The minimum Gasteiger partial charge on any atom is -0.508 e. The highest BCUT2D eigenvalue weighted by molar-refractivity contribution is 6.04. The predicted molar refractivity (Wildman–Crippen MR) is 211 cm³/mol. The third kappa shape index (κ3) is 6.70. The molecule has 0 saturated carbocycles. The Morgan fingerprint density at radius 3 is 1.82 bits per heavy atom. The van der Waals surface area contributed by atoms with Crippen molar-refractivity contribution in [3.8, 4) is 28.7 Å². The number of phenols is 1. The molecule has 11 nitrogen and oxygen atoms in total. The van der Waals surface area contributed by atoms with Gasteiger partial charge in [-0.25, -0.2) is 0 Å². The first kappa shape index (κ1) is 35.1. The standard InChI is InChI=1S/C45H40N4O7/c1-53-40-16-36-38(46-20-29-12-30-7-3-5-9-32(30)23-48(22-29)44(36)51)18-42(40)55-25-27-11-28(14-35(50)13-27)26-56-43-19-39-37(17-41(43)54-2)45(52)49-24-33-10-6-4-8-31(33)15-34(49)21-47-39/h3-11,13-14,16-21,29,34,50H,12,15,22-26H2,1-2H3. The second-order valence-electron chi connectivity index (χ2n) is 14.6. The van der Waals surface area contributed by atoms with Crippen molar-refractivity contribution in [3.63, 3.8) is 0 Å². The zero-order valence-corrected chi connectivity index (χ0v) is 31.1. The minimum atomic E-state index is -0.153. The van der Waals surface area contributed by atoms with Crippen LogP contribution < -0.4 is 18.9 Å². The zero-order chi connectivity index (χ0) is 38.3. The number of carbonyl (C=O) groups excluding carboxylic acids is 2. The van der Waals surface area contributed by atoms with Crippen molar-refractivity contribution >= 4 is 35.6 Å². The van der Waals surface area contributed by atoms with Crippen molar-refractivity contribution in [1.29, 1.82) is 0 Å². The lowest BCUT2D eigenvalue weighted by Crippen LogP contribution is -2.44. The molecule has 56 heavy (non-hydrogen) atoms. The van der Waals surface area contributed by atoms with E-state index in [1.165, 1.54) is 25.3 Å². The fraction of sp³-hybridized carbons (Fsp3) is 0.244. The Kier molecular flexibility index (Phi) is 9.12. The molecule has 2 unspecified atom stereocenters. The van der Waals surface area contributed by atoms with Crippen LogP contribution in [0.4, 0.5) is 11.4 Å². The molecular weight excluding hydrogens is 709 g/mol. The number of carbonyl (C=O) groups is 2. The lowest BCUT2D eigenvalue weighted by atomic mass is 9.94. The molecule has 5 aromatic rings. The molecule has 5 aromatic carbocycles. The fourth-order valence-corrected chi connectivity index (χ4v) is 8.08. The molecule has 2 atom stereocenters. The van der Waals surface area contributed by atoms with Crippen LogP contribution in [0.5, 0.6) is 28.7 Å². The third-order valence-corrected chi connectivity index (χ3v) is 10.9. The number of benzene rings is 5. The molecule has 0 fully saturated rings. The van der Waals surface area contributed by atoms with Gasteiger partial charge in [-0.15, -0.1) is 0 Å². The summed E-state index contributed by atoms with van der Waals surface area (Å²) in [6.45, 7) is 1.82. The minimum absolute atomic E-state index is 0.0458. The molecule has 4 aliphatic rings. The van der Waals surface area contributed by atoms with Crippen LogP contribution in [0.3, 0.4) is 0 Å². The smallest absolute Gasteiger partial charge is 0.257 e. The number of fused-ring (bicyclic) bond motifs is 7. The molecule has 9 rings (SSSR count). The first-order valence-corrected chi connectivity index (χ1v) is 18.7. The van der Waals surface area contributed by atoms with Gasteiger partial charge in [0.15, 0.2) is 23.0 Å². The van der Waals surface area contributed by atoms with E-state index in [0.29, 0.717) is 82.7 Å². The molecule has 0 saturated heterocycles. The average Bonchev–Trinajstić information content (AvgIpc) is 3.49. The molecule has 1 N–H and O–H groups in total. The summed E-state index contributed by atoms with van der Waals surface area (Å²) in [5, 5.41) is 10.7. The van der Waals surface area contributed by atoms with E-state index in [9.17, 15) is 14.7 Å².